The summed E-state index contributed by atoms with van der Waals surface area (Å²) >= 11 is 0. The van der Waals surface area contributed by atoms with Crippen LogP contribution in [0.5, 0.6) is 5.75 Å². The van der Waals surface area contributed by atoms with Crippen molar-refractivity contribution < 1.29 is 9.50 Å². The molecule has 0 fully saturated rings. The molecule has 0 amide bonds. The molecule has 0 spiro atoms. The molecule has 0 aliphatic rings. The average Bonchev–Trinajstić information content (AvgIpc) is 2.19. The van der Waals surface area contributed by atoms with Gasteiger partial charge in [0.15, 0.2) is 17.5 Å². The van der Waals surface area contributed by atoms with Crippen molar-refractivity contribution in [1.82, 2.24) is 5.32 Å². The van der Waals surface area contributed by atoms with Gasteiger partial charge in [-0.3, -0.25) is 0 Å². The van der Waals surface area contributed by atoms with E-state index in [1.165, 1.54) is 12.1 Å². The van der Waals surface area contributed by atoms with Gasteiger partial charge in [-0.1, -0.05) is 6.07 Å². The van der Waals surface area contributed by atoms with Gasteiger partial charge in [0.05, 0.1) is 6.54 Å². The van der Waals surface area contributed by atoms with Gasteiger partial charge in [-0.25, -0.2) is 9.38 Å². The van der Waals surface area contributed by atoms with Gasteiger partial charge in [0.25, 0.3) is 0 Å². The molecule has 1 aromatic carbocycles. The number of phenolic OH excluding ortho intramolecular Hbond substituents is 1. The summed E-state index contributed by atoms with van der Waals surface area (Å²) in [5.41, 5.74) is 6.24. The number of nitrogens with two attached hydrogens (primary N) is 1. The summed E-state index contributed by atoms with van der Waals surface area (Å²) < 4.78 is 13.0. The zero-order chi connectivity index (χ0) is 12.1. The Morgan fingerprint density at radius 1 is 1.53 bits per heavy atom. The van der Waals surface area contributed by atoms with Crippen LogP contribution in [0, 0.1) is 5.82 Å². The van der Waals surface area contributed by atoms with Crippen LogP contribution in [0.1, 0.15) is 19.4 Å². The molecule has 0 bridgehead atoms. The smallest absolute Gasteiger partial charge is 0.189 e. The summed E-state index contributed by atoms with van der Waals surface area (Å²) in [4.78, 5) is 4.04. The molecule has 0 saturated heterocycles. The number of nitrogens with zero attached hydrogens (tertiary/aromatic N) is 1. The zero-order valence-corrected chi connectivity index (χ0v) is 12.1. The number of nitrogens with one attached hydrogen (secondary N) is 1. The largest absolute Gasteiger partial charge is 0.505 e. The molecule has 6 heteroatoms. The minimum Gasteiger partial charge on any atom is -0.505 e. The summed E-state index contributed by atoms with van der Waals surface area (Å²) in [7, 11) is 0. The first-order valence-corrected chi connectivity index (χ1v) is 5.03. The maximum Gasteiger partial charge on any atom is 0.189 e. The monoisotopic (exact) mass is 353 g/mol. The topological polar surface area (TPSA) is 70.6 Å². The third-order valence-corrected chi connectivity index (χ3v) is 1.88. The van der Waals surface area contributed by atoms with Crippen LogP contribution in [0.15, 0.2) is 23.2 Å². The molecule has 96 valence electrons. The van der Waals surface area contributed by atoms with E-state index in [9.17, 15) is 4.39 Å². The van der Waals surface area contributed by atoms with Gasteiger partial charge in [-0.2, -0.15) is 0 Å². The molecule has 4 N–H and O–H groups in total. The van der Waals surface area contributed by atoms with Gasteiger partial charge in [0.1, 0.15) is 0 Å². The van der Waals surface area contributed by atoms with E-state index in [-0.39, 0.29) is 42.3 Å². The minimum absolute atomic E-state index is 0. The second-order valence-electron chi connectivity index (χ2n) is 3.79. The van der Waals surface area contributed by atoms with E-state index in [0.717, 1.165) is 0 Å². The van der Waals surface area contributed by atoms with Gasteiger partial charge >= 0.3 is 0 Å². The van der Waals surface area contributed by atoms with Crippen LogP contribution >= 0.6 is 24.0 Å². The third-order valence-electron chi connectivity index (χ3n) is 1.88. The summed E-state index contributed by atoms with van der Waals surface area (Å²) in [6.07, 6.45) is 0. The summed E-state index contributed by atoms with van der Waals surface area (Å²) in [5.74, 6) is -0.687. The Bertz CT molecular complexity index is 396. The fourth-order valence-corrected chi connectivity index (χ4v) is 1.17. The van der Waals surface area contributed by atoms with Crippen molar-refractivity contribution in [3.8, 4) is 5.75 Å². The molecule has 0 heterocycles. The van der Waals surface area contributed by atoms with Crippen molar-refractivity contribution in [2.75, 3.05) is 0 Å². The second kappa shape index (κ2) is 7.31. The van der Waals surface area contributed by atoms with E-state index >= 15 is 0 Å². The van der Waals surface area contributed by atoms with Crippen molar-refractivity contribution in [1.29, 1.82) is 0 Å². The maximum absolute atomic E-state index is 13.0. The third kappa shape index (κ3) is 5.71. The molecule has 1 aromatic rings. The lowest BCUT2D eigenvalue weighted by atomic mass is 10.2. The van der Waals surface area contributed by atoms with Gasteiger partial charge < -0.3 is 16.2 Å². The van der Waals surface area contributed by atoms with Crippen molar-refractivity contribution in [2.45, 2.75) is 26.4 Å². The fraction of sp³-hybridized carbons (Fsp3) is 0.364. The Balaban J connectivity index is 0.00000256. The quantitative estimate of drug-likeness (QED) is 0.442. The predicted octanol–water partition coefficient (Wildman–Crippen LogP) is 1.96. The number of benzene rings is 1. The van der Waals surface area contributed by atoms with Crippen molar-refractivity contribution in [3.05, 3.63) is 29.6 Å². The zero-order valence-electron chi connectivity index (χ0n) is 9.77. The van der Waals surface area contributed by atoms with Gasteiger partial charge in [-0.05, 0) is 31.5 Å². The maximum atomic E-state index is 13.0. The lowest BCUT2D eigenvalue weighted by Crippen LogP contribution is -2.36. The number of aliphatic imine (C=N–C) groups is 1. The Morgan fingerprint density at radius 2 is 2.18 bits per heavy atom. The van der Waals surface area contributed by atoms with Crippen LogP contribution in [-0.4, -0.2) is 17.1 Å². The molecule has 1 rings (SSSR count). The van der Waals surface area contributed by atoms with E-state index in [2.05, 4.69) is 10.3 Å². The highest BCUT2D eigenvalue weighted by Gasteiger charge is 2.01. The van der Waals surface area contributed by atoms with Crippen LogP contribution in [0.4, 0.5) is 4.39 Å². The first kappa shape index (κ1) is 16.0. The van der Waals surface area contributed by atoms with E-state index in [1.807, 2.05) is 13.8 Å². The van der Waals surface area contributed by atoms with E-state index in [4.69, 9.17) is 10.8 Å². The van der Waals surface area contributed by atoms with Crippen molar-refractivity contribution >= 4 is 29.9 Å². The molecule has 0 saturated carbocycles. The summed E-state index contributed by atoms with van der Waals surface area (Å²) in [6.45, 7) is 4.17. The predicted molar refractivity (Wildman–Crippen MR) is 77.1 cm³/mol. The standard InChI is InChI=1S/C11H16FN3O.HI/c1-7(2)15-11(13)14-6-8-3-4-10(16)9(12)5-8;/h3-5,7,16H,6H2,1-2H3,(H3,13,14,15);1H. The summed E-state index contributed by atoms with van der Waals surface area (Å²) in [5, 5.41) is 11.9. The normalized spacial score (nSPS) is 11.2. The number of hydrogen-bond donors (Lipinski definition) is 3. The first-order valence-electron chi connectivity index (χ1n) is 5.03. The number of hydrogen-bond acceptors (Lipinski definition) is 2. The van der Waals surface area contributed by atoms with Crippen molar-refractivity contribution in [3.63, 3.8) is 0 Å². The Kier molecular flexibility index (Phi) is 6.86. The van der Waals surface area contributed by atoms with Crippen LogP contribution in [0.3, 0.4) is 0 Å². The van der Waals surface area contributed by atoms with Gasteiger partial charge in [-0.15, -0.1) is 24.0 Å². The Hall–Kier alpha value is -1.05. The Labute approximate surface area is 117 Å². The lowest BCUT2D eigenvalue weighted by molar-refractivity contribution is 0.432. The van der Waals surface area contributed by atoms with E-state index in [1.54, 1.807) is 6.07 Å². The molecular formula is C11H17FIN3O. The summed E-state index contributed by atoms with van der Waals surface area (Å²) in [6, 6.07) is 4.35. The molecule has 0 atom stereocenters. The van der Waals surface area contributed by atoms with E-state index < -0.39 is 5.82 Å². The number of halogens is 2. The van der Waals surface area contributed by atoms with Crippen LogP contribution in [0.25, 0.3) is 0 Å². The lowest BCUT2D eigenvalue weighted by Gasteiger charge is -2.08. The Morgan fingerprint density at radius 3 is 2.71 bits per heavy atom. The minimum atomic E-state index is -0.650. The fourth-order valence-electron chi connectivity index (χ4n) is 1.17. The number of rotatable bonds is 3. The van der Waals surface area contributed by atoms with Crippen molar-refractivity contribution in [2.24, 2.45) is 10.7 Å². The van der Waals surface area contributed by atoms with Gasteiger partial charge in [0, 0.05) is 6.04 Å². The highest BCUT2D eigenvalue weighted by atomic mass is 127. The van der Waals surface area contributed by atoms with Crippen LogP contribution in [-0.2, 0) is 6.54 Å². The first-order chi connectivity index (χ1) is 7.49. The molecule has 0 aliphatic heterocycles. The molecule has 0 unspecified atom stereocenters. The van der Waals surface area contributed by atoms with Crippen LogP contribution in [0.2, 0.25) is 0 Å². The molecule has 17 heavy (non-hydrogen) atoms. The molecular weight excluding hydrogens is 336 g/mol. The van der Waals surface area contributed by atoms with Crippen LogP contribution < -0.4 is 11.1 Å². The molecule has 4 nitrogen and oxygen atoms in total. The average molecular weight is 353 g/mol. The van der Waals surface area contributed by atoms with E-state index in [0.29, 0.717) is 11.5 Å². The molecule has 0 radical (unpaired) electrons. The molecule has 0 aromatic heterocycles. The number of guanidine groups is 1. The number of phenols is 1. The highest BCUT2D eigenvalue weighted by Crippen LogP contribution is 2.16. The second-order valence-corrected chi connectivity index (χ2v) is 3.79. The SMILES string of the molecule is CC(C)NC(N)=NCc1ccc(O)c(F)c1.I. The van der Waals surface area contributed by atoms with Gasteiger partial charge in [0.2, 0.25) is 0 Å². The highest BCUT2D eigenvalue weighted by molar-refractivity contribution is 14.0. The number of aromatic hydroxyl groups is 1. The molecule has 0 aliphatic carbocycles.